The average Bonchev–Trinajstić information content (AvgIpc) is 3.52. The van der Waals surface area contributed by atoms with Crippen molar-refractivity contribution in [3.8, 4) is 28.4 Å². The third kappa shape index (κ3) is 4.60. The van der Waals surface area contributed by atoms with Crippen molar-refractivity contribution < 1.29 is 24.1 Å². The van der Waals surface area contributed by atoms with Gasteiger partial charge in [0.05, 0.1) is 19.6 Å². The highest BCUT2D eigenvalue weighted by Crippen LogP contribution is 2.62. The number of hydrogen-bond acceptors (Lipinski definition) is 4. The van der Waals surface area contributed by atoms with E-state index in [1.807, 2.05) is 24.3 Å². The van der Waals surface area contributed by atoms with E-state index >= 15 is 0 Å². The molecule has 0 aliphatic heterocycles. The van der Waals surface area contributed by atoms with Crippen molar-refractivity contribution in [2.24, 2.45) is 5.92 Å². The van der Waals surface area contributed by atoms with E-state index in [0.29, 0.717) is 13.2 Å². The third-order valence-electron chi connectivity index (χ3n) is 7.42. The molecule has 0 unspecified atom stereocenters. The van der Waals surface area contributed by atoms with Crippen LogP contribution >= 0.6 is 0 Å². The average molecular weight is 473 g/mol. The van der Waals surface area contributed by atoms with Crippen LogP contribution in [-0.2, 0) is 23.2 Å². The molecule has 3 aromatic rings. The Balaban J connectivity index is 1.35. The second kappa shape index (κ2) is 9.65. The van der Waals surface area contributed by atoms with Crippen LogP contribution in [0.3, 0.4) is 0 Å². The molecule has 2 aliphatic carbocycles. The number of carboxylic acid groups (broad SMARTS) is 1. The highest BCUT2D eigenvalue weighted by molar-refractivity contribution is 5.78. The zero-order chi connectivity index (χ0) is 24.4. The van der Waals surface area contributed by atoms with E-state index in [4.69, 9.17) is 14.2 Å². The second-order valence-corrected chi connectivity index (χ2v) is 9.62. The number of rotatable bonds is 10. The van der Waals surface area contributed by atoms with Gasteiger partial charge in [0.25, 0.3) is 0 Å². The van der Waals surface area contributed by atoms with Crippen LogP contribution in [0.5, 0.6) is 17.2 Å². The molecule has 0 saturated heterocycles. The van der Waals surface area contributed by atoms with Crippen LogP contribution in [0.15, 0.2) is 60.7 Å². The lowest BCUT2D eigenvalue weighted by Crippen LogP contribution is -2.11. The molecule has 0 amide bonds. The summed E-state index contributed by atoms with van der Waals surface area (Å²) in [5.41, 5.74) is 5.34. The van der Waals surface area contributed by atoms with Crippen LogP contribution in [-0.4, -0.2) is 24.8 Å². The Morgan fingerprint density at radius 1 is 1.06 bits per heavy atom. The molecule has 1 saturated carbocycles. The first-order chi connectivity index (χ1) is 17.0. The molecular formula is C30H32O5. The predicted molar refractivity (Wildman–Crippen MR) is 135 cm³/mol. The number of methoxy groups -OCH3 is 1. The smallest absolute Gasteiger partial charge is 0.307 e. The molecule has 0 radical (unpaired) electrons. The van der Waals surface area contributed by atoms with Crippen molar-refractivity contribution in [2.75, 3.05) is 13.7 Å². The summed E-state index contributed by atoms with van der Waals surface area (Å²) in [4.78, 5) is 11.6. The van der Waals surface area contributed by atoms with Crippen LogP contribution < -0.4 is 14.2 Å². The first kappa shape index (κ1) is 23.3. The van der Waals surface area contributed by atoms with Gasteiger partial charge in [0.1, 0.15) is 23.9 Å². The molecule has 0 heterocycles. The van der Waals surface area contributed by atoms with Gasteiger partial charge in [-0.25, -0.2) is 0 Å². The molecule has 0 bridgehead atoms. The minimum absolute atomic E-state index is 0.181. The first-order valence-corrected chi connectivity index (χ1v) is 12.4. The van der Waals surface area contributed by atoms with Gasteiger partial charge in [0.15, 0.2) is 0 Å². The molecule has 1 spiro atoms. The van der Waals surface area contributed by atoms with E-state index in [1.165, 1.54) is 11.1 Å². The Kier molecular flexibility index (Phi) is 6.42. The maximum atomic E-state index is 11.6. The van der Waals surface area contributed by atoms with E-state index < -0.39 is 5.97 Å². The molecule has 5 rings (SSSR count). The monoisotopic (exact) mass is 472 g/mol. The maximum absolute atomic E-state index is 11.6. The van der Waals surface area contributed by atoms with Gasteiger partial charge in [-0.15, -0.1) is 0 Å². The van der Waals surface area contributed by atoms with Crippen LogP contribution in [0.4, 0.5) is 0 Å². The standard InChI is InChI=1S/C30H32O5/c1-3-4-14-34-28-15-20(8-11-25(28)22-6-5-7-23(16-22)33-2)19-35-24-10-9-21-12-13-30(26(21)17-24)18-27(30)29(31)32/h5-11,15-17,27H,3-4,12-14,18-19H2,1-2H3,(H,31,32)/t27-,30-/m0/s1. The zero-order valence-corrected chi connectivity index (χ0v) is 20.4. The van der Waals surface area contributed by atoms with Crippen molar-refractivity contribution in [3.05, 3.63) is 77.4 Å². The fraction of sp³-hybridized carbons (Fsp3) is 0.367. The Morgan fingerprint density at radius 2 is 1.94 bits per heavy atom. The van der Waals surface area contributed by atoms with E-state index in [0.717, 1.165) is 66.0 Å². The summed E-state index contributed by atoms with van der Waals surface area (Å²) >= 11 is 0. The summed E-state index contributed by atoms with van der Waals surface area (Å²) < 4.78 is 17.8. The van der Waals surface area contributed by atoms with Crippen LogP contribution in [0.2, 0.25) is 0 Å². The fourth-order valence-corrected chi connectivity index (χ4v) is 5.32. The molecule has 1 fully saturated rings. The minimum atomic E-state index is -0.684. The lowest BCUT2D eigenvalue weighted by atomic mass is 9.95. The molecule has 2 aliphatic rings. The zero-order valence-electron chi connectivity index (χ0n) is 20.4. The van der Waals surface area contributed by atoms with Gasteiger partial charge in [-0.2, -0.15) is 0 Å². The molecule has 1 N–H and O–H groups in total. The molecule has 5 nitrogen and oxygen atoms in total. The molecule has 5 heteroatoms. The minimum Gasteiger partial charge on any atom is -0.497 e. The Bertz CT molecular complexity index is 1230. The van der Waals surface area contributed by atoms with Crippen molar-refractivity contribution in [1.29, 1.82) is 0 Å². The first-order valence-electron chi connectivity index (χ1n) is 12.4. The lowest BCUT2D eigenvalue weighted by Gasteiger charge is -2.15. The van der Waals surface area contributed by atoms with E-state index in [2.05, 4.69) is 43.3 Å². The van der Waals surface area contributed by atoms with Gasteiger partial charge in [-0.3, -0.25) is 4.79 Å². The fourth-order valence-electron chi connectivity index (χ4n) is 5.32. The summed E-state index contributed by atoms with van der Waals surface area (Å²) in [6, 6.07) is 20.4. The molecule has 2 atom stereocenters. The summed E-state index contributed by atoms with van der Waals surface area (Å²) in [7, 11) is 1.67. The van der Waals surface area contributed by atoms with Gasteiger partial charge >= 0.3 is 5.97 Å². The quantitative estimate of drug-likeness (QED) is 0.346. The lowest BCUT2D eigenvalue weighted by molar-refractivity contribution is -0.139. The third-order valence-corrected chi connectivity index (χ3v) is 7.42. The highest BCUT2D eigenvalue weighted by atomic mass is 16.5. The second-order valence-electron chi connectivity index (χ2n) is 9.62. The predicted octanol–water partition coefficient (Wildman–Crippen LogP) is 6.41. The summed E-state index contributed by atoms with van der Waals surface area (Å²) in [5.74, 6) is 1.49. The Hall–Kier alpha value is -3.47. The molecular weight excluding hydrogens is 440 g/mol. The van der Waals surface area contributed by atoms with Crippen LogP contribution in [0, 0.1) is 5.92 Å². The Labute approximate surface area is 206 Å². The number of hydrogen-bond donors (Lipinski definition) is 1. The highest BCUT2D eigenvalue weighted by Gasteiger charge is 2.61. The molecule has 0 aromatic heterocycles. The topological polar surface area (TPSA) is 65.0 Å². The van der Waals surface area contributed by atoms with Crippen molar-refractivity contribution >= 4 is 5.97 Å². The van der Waals surface area contributed by atoms with Crippen LogP contribution in [0.1, 0.15) is 49.3 Å². The van der Waals surface area contributed by atoms with E-state index in [-0.39, 0.29) is 11.3 Å². The number of fused-ring (bicyclic) bond motifs is 2. The van der Waals surface area contributed by atoms with Crippen LogP contribution in [0.25, 0.3) is 11.1 Å². The number of benzene rings is 3. The number of aliphatic carboxylic acids is 1. The largest absolute Gasteiger partial charge is 0.497 e. The molecule has 35 heavy (non-hydrogen) atoms. The van der Waals surface area contributed by atoms with Gasteiger partial charge in [-0.05, 0) is 78.3 Å². The number of unbranched alkanes of at least 4 members (excludes halogenated alkanes) is 1. The maximum Gasteiger partial charge on any atom is 0.307 e. The summed E-state index contributed by atoms with van der Waals surface area (Å²) in [5, 5.41) is 9.51. The van der Waals surface area contributed by atoms with Gasteiger partial charge in [0, 0.05) is 11.0 Å². The number of carboxylic acids is 1. The van der Waals surface area contributed by atoms with E-state index in [9.17, 15) is 9.90 Å². The van der Waals surface area contributed by atoms with Crippen molar-refractivity contribution in [1.82, 2.24) is 0 Å². The number of carbonyl (C=O) groups is 1. The number of aryl methyl sites for hydroxylation is 1. The normalized spacial score (nSPS) is 19.9. The van der Waals surface area contributed by atoms with Gasteiger partial charge < -0.3 is 19.3 Å². The van der Waals surface area contributed by atoms with E-state index in [1.54, 1.807) is 7.11 Å². The van der Waals surface area contributed by atoms with Crippen molar-refractivity contribution in [2.45, 2.75) is 51.0 Å². The van der Waals surface area contributed by atoms with Gasteiger partial charge in [0.2, 0.25) is 0 Å². The van der Waals surface area contributed by atoms with Crippen molar-refractivity contribution in [3.63, 3.8) is 0 Å². The molecule has 182 valence electrons. The Morgan fingerprint density at radius 3 is 2.71 bits per heavy atom. The SMILES string of the molecule is CCCCOc1cc(COc2ccc3c(c2)[C@]2(CC3)C[C@H]2C(=O)O)ccc1-c1cccc(OC)c1. The molecule has 3 aromatic carbocycles. The summed E-state index contributed by atoms with van der Waals surface area (Å²) in [6.07, 6.45) is 4.67. The summed E-state index contributed by atoms with van der Waals surface area (Å²) in [6.45, 7) is 3.23. The number of ether oxygens (including phenoxy) is 3. The van der Waals surface area contributed by atoms with Gasteiger partial charge in [-0.1, -0.05) is 43.7 Å².